The topological polar surface area (TPSA) is 60.2 Å². The third-order valence-electron chi connectivity index (χ3n) is 3.47. The lowest BCUT2D eigenvalue weighted by atomic mass is 10.2. The Bertz CT molecular complexity index is 747. The number of benzene rings is 1. The van der Waals surface area contributed by atoms with Gasteiger partial charge in [-0.3, -0.25) is 5.41 Å². The lowest BCUT2D eigenvalue weighted by molar-refractivity contribution is 0.411. The van der Waals surface area contributed by atoms with Gasteiger partial charge >= 0.3 is 0 Å². The zero-order valence-corrected chi connectivity index (χ0v) is 13.2. The molecule has 2 N–H and O–H groups in total. The van der Waals surface area contributed by atoms with E-state index in [4.69, 9.17) is 17.0 Å². The van der Waals surface area contributed by atoms with Gasteiger partial charge in [-0.15, -0.1) is 11.3 Å². The van der Waals surface area contributed by atoms with Crippen molar-refractivity contribution in [3.63, 3.8) is 0 Å². The number of hydrogen-bond donors (Lipinski definition) is 2. The van der Waals surface area contributed by atoms with Crippen molar-refractivity contribution in [3.8, 4) is 0 Å². The molecular formula is C15H14ClN3OS. The van der Waals surface area contributed by atoms with Crippen LogP contribution in [0.4, 0.5) is 5.69 Å². The largest absolute Gasteiger partial charge is 0.510 e. The standard InChI is InChI=1S/C15H14ClN3OS/c1-8-9(2)21-15(18-8)13-12(20)7-19(14(13)17)11-5-3-4-10(16)6-11/h3-6,17,20H,7H2,1-2H3. The molecule has 0 saturated carbocycles. The first kappa shape index (κ1) is 14.1. The van der Waals surface area contributed by atoms with Gasteiger partial charge in [0.2, 0.25) is 0 Å². The van der Waals surface area contributed by atoms with Gasteiger partial charge in [0.05, 0.1) is 17.8 Å². The summed E-state index contributed by atoms with van der Waals surface area (Å²) in [5, 5.41) is 19.9. The van der Waals surface area contributed by atoms with Crippen LogP contribution in [0.2, 0.25) is 5.02 Å². The van der Waals surface area contributed by atoms with Crippen LogP contribution in [-0.2, 0) is 0 Å². The number of aryl methyl sites for hydroxylation is 2. The molecule has 0 spiro atoms. The van der Waals surface area contributed by atoms with Crippen LogP contribution >= 0.6 is 22.9 Å². The number of thiazole rings is 1. The molecule has 0 fully saturated rings. The van der Waals surface area contributed by atoms with Crippen LogP contribution in [0.1, 0.15) is 15.6 Å². The molecule has 21 heavy (non-hydrogen) atoms. The van der Waals surface area contributed by atoms with Crippen LogP contribution < -0.4 is 4.90 Å². The van der Waals surface area contributed by atoms with Crippen molar-refractivity contribution in [1.82, 2.24) is 4.98 Å². The van der Waals surface area contributed by atoms with E-state index in [0.717, 1.165) is 16.3 Å². The fourth-order valence-electron chi connectivity index (χ4n) is 2.25. The van der Waals surface area contributed by atoms with Crippen LogP contribution in [0.5, 0.6) is 0 Å². The van der Waals surface area contributed by atoms with E-state index in [0.29, 0.717) is 15.6 Å². The fraction of sp³-hybridized carbons (Fsp3) is 0.200. The number of nitrogens with one attached hydrogen (secondary N) is 1. The number of aromatic nitrogens is 1. The predicted molar refractivity (Wildman–Crippen MR) is 87.7 cm³/mol. The number of aliphatic hydroxyl groups excluding tert-OH is 1. The minimum Gasteiger partial charge on any atom is -0.510 e. The van der Waals surface area contributed by atoms with Crippen molar-refractivity contribution in [3.05, 3.63) is 50.6 Å². The maximum Gasteiger partial charge on any atom is 0.139 e. The van der Waals surface area contributed by atoms with Gasteiger partial charge in [-0.05, 0) is 32.0 Å². The highest BCUT2D eigenvalue weighted by Gasteiger charge is 2.31. The minimum absolute atomic E-state index is 0.175. The Morgan fingerprint density at radius 1 is 1.38 bits per heavy atom. The summed E-state index contributed by atoms with van der Waals surface area (Å²) < 4.78 is 0. The third kappa shape index (κ3) is 2.43. The highest BCUT2D eigenvalue weighted by molar-refractivity contribution is 7.13. The second-order valence-corrected chi connectivity index (χ2v) is 6.54. The van der Waals surface area contributed by atoms with Crippen molar-refractivity contribution < 1.29 is 5.11 Å². The summed E-state index contributed by atoms with van der Waals surface area (Å²) in [6.07, 6.45) is 0. The molecule has 3 rings (SSSR count). The molecule has 0 unspecified atom stereocenters. The second kappa shape index (κ2) is 5.16. The molecule has 1 aliphatic heterocycles. The number of amidine groups is 1. The average molecular weight is 320 g/mol. The van der Waals surface area contributed by atoms with Gasteiger partial charge in [0.1, 0.15) is 16.6 Å². The van der Waals surface area contributed by atoms with Crippen molar-refractivity contribution >= 4 is 40.0 Å². The summed E-state index contributed by atoms with van der Waals surface area (Å²) in [6, 6.07) is 7.27. The predicted octanol–water partition coefficient (Wildman–Crippen LogP) is 4.18. The summed E-state index contributed by atoms with van der Waals surface area (Å²) in [5.41, 5.74) is 2.24. The van der Waals surface area contributed by atoms with Crippen LogP contribution in [0.25, 0.3) is 5.57 Å². The lowest BCUT2D eigenvalue weighted by Gasteiger charge is -2.18. The second-order valence-electron chi connectivity index (χ2n) is 4.90. The molecule has 0 amide bonds. The SMILES string of the molecule is Cc1nc(C2=C(O)CN(c3cccc(Cl)c3)C2=N)sc1C. The van der Waals surface area contributed by atoms with Crippen LogP contribution in [-0.4, -0.2) is 22.5 Å². The molecule has 0 atom stereocenters. The van der Waals surface area contributed by atoms with Gasteiger partial charge in [0, 0.05) is 15.6 Å². The Morgan fingerprint density at radius 2 is 2.14 bits per heavy atom. The van der Waals surface area contributed by atoms with E-state index in [1.54, 1.807) is 17.0 Å². The normalized spacial score (nSPS) is 15.2. The Hall–Kier alpha value is -1.85. The molecule has 0 radical (unpaired) electrons. The summed E-state index contributed by atoms with van der Waals surface area (Å²) in [4.78, 5) is 7.27. The Morgan fingerprint density at radius 3 is 2.76 bits per heavy atom. The Labute approximate surface area is 131 Å². The molecule has 0 saturated heterocycles. The van der Waals surface area contributed by atoms with Gasteiger partial charge in [-0.1, -0.05) is 17.7 Å². The highest BCUT2D eigenvalue weighted by Crippen LogP contribution is 2.34. The number of aliphatic hydroxyl groups is 1. The first-order chi connectivity index (χ1) is 9.97. The molecule has 2 aromatic rings. The molecule has 1 aliphatic rings. The van der Waals surface area contributed by atoms with Gasteiger partial charge in [-0.2, -0.15) is 0 Å². The zero-order valence-electron chi connectivity index (χ0n) is 11.6. The Balaban J connectivity index is 1.98. The van der Waals surface area contributed by atoms with Crippen LogP contribution in [0, 0.1) is 19.3 Å². The van der Waals surface area contributed by atoms with E-state index >= 15 is 0 Å². The maximum absolute atomic E-state index is 10.2. The van der Waals surface area contributed by atoms with Crippen molar-refractivity contribution in [2.24, 2.45) is 0 Å². The molecule has 1 aromatic carbocycles. The zero-order chi connectivity index (χ0) is 15.1. The minimum atomic E-state index is 0.175. The van der Waals surface area contributed by atoms with E-state index in [1.165, 1.54) is 11.3 Å². The number of nitrogens with zero attached hydrogens (tertiary/aromatic N) is 2. The number of hydrogen-bond acceptors (Lipinski definition) is 4. The molecular weight excluding hydrogens is 306 g/mol. The smallest absolute Gasteiger partial charge is 0.139 e. The Kier molecular flexibility index (Phi) is 3.47. The fourth-order valence-corrected chi connectivity index (χ4v) is 3.42. The van der Waals surface area contributed by atoms with Crippen molar-refractivity contribution in [2.75, 3.05) is 11.4 Å². The van der Waals surface area contributed by atoms with E-state index in [9.17, 15) is 5.11 Å². The summed E-state index contributed by atoms with van der Waals surface area (Å²) in [7, 11) is 0. The molecule has 0 bridgehead atoms. The summed E-state index contributed by atoms with van der Waals surface area (Å²) >= 11 is 7.50. The summed E-state index contributed by atoms with van der Waals surface area (Å²) in [6.45, 7) is 4.19. The van der Waals surface area contributed by atoms with Gasteiger partial charge in [-0.25, -0.2) is 4.98 Å². The molecule has 0 aliphatic carbocycles. The molecule has 2 heterocycles. The number of halogens is 1. The van der Waals surface area contributed by atoms with E-state index in [1.807, 2.05) is 26.0 Å². The number of anilines is 1. The molecule has 108 valence electrons. The van der Waals surface area contributed by atoms with Gasteiger partial charge in [0.25, 0.3) is 0 Å². The third-order valence-corrected chi connectivity index (χ3v) is 4.79. The lowest BCUT2D eigenvalue weighted by Crippen LogP contribution is -2.25. The highest BCUT2D eigenvalue weighted by atomic mass is 35.5. The molecule has 1 aromatic heterocycles. The van der Waals surface area contributed by atoms with Crippen molar-refractivity contribution in [2.45, 2.75) is 13.8 Å². The maximum atomic E-state index is 10.2. The summed E-state index contributed by atoms with van der Waals surface area (Å²) in [5.74, 6) is 0.428. The number of rotatable bonds is 2. The van der Waals surface area contributed by atoms with Crippen LogP contribution in [0.15, 0.2) is 30.0 Å². The van der Waals surface area contributed by atoms with E-state index in [2.05, 4.69) is 4.98 Å². The molecule has 6 heteroatoms. The first-order valence-electron chi connectivity index (χ1n) is 6.46. The van der Waals surface area contributed by atoms with Gasteiger partial charge in [0.15, 0.2) is 0 Å². The first-order valence-corrected chi connectivity index (χ1v) is 7.65. The van der Waals surface area contributed by atoms with E-state index < -0.39 is 0 Å². The van der Waals surface area contributed by atoms with Crippen LogP contribution in [0.3, 0.4) is 0 Å². The average Bonchev–Trinajstić information content (AvgIpc) is 2.90. The monoisotopic (exact) mass is 319 g/mol. The van der Waals surface area contributed by atoms with E-state index in [-0.39, 0.29) is 18.1 Å². The quantitative estimate of drug-likeness (QED) is 0.873. The van der Waals surface area contributed by atoms with Crippen molar-refractivity contribution in [1.29, 1.82) is 5.41 Å². The molecule has 4 nitrogen and oxygen atoms in total. The van der Waals surface area contributed by atoms with Gasteiger partial charge < -0.3 is 10.0 Å².